The molecule has 7 N–H and O–H groups in total. The third-order valence-electron chi connectivity index (χ3n) is 6.37. The number of aliphatic hydroxyl groups excluding tert-OH is 1. The van der Waals surface area contributed by atoms with Gasteiger partial charge < -0.3 is 36.5 Å². The van der Waals surface area contributed by atoms with Crippen LogP contribution in [0.4, 0.5) is 0 Å². The van der Waals surface area contributed by atoms with Crippen LogP contribution in [-0.2, 0) is 25.6 Å². The molecule has 11 heteroatoms. The Labute approximate surface area is 203 Å². The highest BCUT2D eigenvalue weighted by molar-refractivity contribution is 5.95. The fourth-order valence-corrected chi connectivity index (χ4v) is 4.25. The van der Waals surface area contributed by atoms with E-state index in [-0.39, 0.29) is 18.9 Å². The molecule has 4 atom stereocenters. The number of aliphatic carboxylic acids is 1. The van der Waals surface area contributed by atoms with Crippen molar-refractivity contribution in [3.05, 3.63) is 36.0 Å². The van der Waals surface area contributed by atoms with Crippen molar-refractivity contribution in [1.29, 1.82) is 0 Å². The maximum atomic E-state index is 13.7. The molecule has 1 aromatic heterocycles. The molecule has 2 aromatic rings. The third kappa shape index (κ3) is 5.98. The average molecular weight is 488 g/mol. The Hall–Kier alpha value is -3.44. The van der Waals surface area contributed by atoms with Crippen molar-refractivity contribution in [2.75, 3.05) is 13.2 Å². The molecule has 1 saturated heterocycles. The van der Waals surface area contributed by atoms with Gasteiger partial charge in [0, 0.05) is 30.1 Å². The molecule has 0 bridgehead atoms. The number of rotatable bonds is 10. The quantitative estimate of drug-likeness (QED) is 0.267. The minimum absolute atomic E-state index is 0.143. The first kappa shape index (κ1) is 26.2. The molecule has 1 aliphatic rings. The summed E-state index contributed by atoms with van der Waals surface area (Å²) < 4.78 is 0. The molecule has 0 spiro atoms. The molecule has 11 nitrogen and oxygen atoms in total. The number of H-pyrrole nitrogens is 1. The molecule has 1 fully saturated rings. The number of carboxylic acid groups (broad SMARTS) is 1. The number of hydrogen-bond acceptors (Lipinski definition) is 6. The summed E-state index contributed by atoms with van der Waals surface area (Å²) in [7, 11) is 0. The van der Waals surface area contributed by atoms with Crippen molar-refractivity contribution in [2.45, 2.75) is 57.3 Å². The summed E-state index contributed by atoms with van der Waals surface area (Å²) in [6.07, 6.45) is 2.85. The number of nitrogens with zero attached hydrogens (tertiary/aromatic N) is 1. The van der Waals surface area contributed by atoms with Crippen molar-refractivity contribution in [2.24, 2.45) is 11.7 Å². The molecule has 1 aromatic carbocycles. The Morgan fingerprint density at radius 2 is 1.89 bits per heavy atom. The summed E-state index contributed by atoms with van der Waals surface area (Å²) in [4.78, 5) is 55.0. The maximum Gasteiger partial charge on any atom is 0.328 e. The first-order valence-corrected chi connectivity index (χ1v) is 11.7. The molecular formula is C24H33N5O6. The lowest BCUT2D eigenvalue weighted by Gasteiger charge is -2.30. The number of amides is 3. The Bertz CT molecular complexity index is 1080. The number of nitrogens with two attached hydrogens (primary N) is 1. The topological polar surface area (TPSA) is 178 Å². The van der Waals surface area contributed by atoms with E-state index in [9.17, 15) is 24.3 Å². The normalized spacial score (nSPS) is 18.3. The standard InChI is InChI=1S/C24H33N5O6/c1-13(2)20(25)22(32)27-17(10-14-11-26-16-7-4-3-6-15(14)16)23(33)29-9-5-8-19(29)21(31)28-18(12-30)24(34)35/h3-4,6-7,11,13,17-20,26,30H,5,8-10,12,25H2,1-2H3,(H,27,32)(H,28,31)(H,34,35). The van der Waals surface area contributed by atoms with Crippen LogP contribution in [0.1, 0.15) is 32.3 Å². The minimum Gasteiger partial charge on any atom is -0.480 e. The van der Waals surface area contributed by atoms with Crippen LogP contribution in [0.5, 0.6) is 0 Å². The van der Waals surface area contributed by atoms with Gasteiger partial charge in [0.2, 0.25) is 17.7 Å². The lowest BCUT2D eigenvalue weighted by atomic mass is 10.0. The molecule has 0 radical (unpaired) electrons. The monoisotopic (exact) mass is 487 g/mol. The lowest BCUT2D eigenvalue weighted by Crippen LogP contribution is -2.58. The smallest absolute Gasteiger partial charge is 0.328 e. The molecule has 3 amide bonds. The summed E-state index contributed by atoms with van der Waals surface area (Å²) in [5.41, 5.74) is 7.73. The maximum absolute atomic E-state index is 13.7. The van der Waals surface area contributed by atoms with Gasteiger partial charge in [0.05, 0.1) is 12.6 Å². The SMILES string of the molecule is CC(C)C(N)C(=O)NC(Cc1c[nH]c2ccccc12)C(=O)N1CCCC1C(=O)NC(CO)C(=O)O. The van der Waals surface area contributed by atoms with E-state index >= 15 is 0 Å². The number of carbonyl (C=O) groups excluding carboxylic acids is 3. The lowest BCUT2D eigenvalue weighted by molar-refractivity contribution is -0.145. The van der Waals surface area contributed by atoms with Crippen molar-refractivity contribution >= 4 is 34.6 Å². The van der Waals surface area contributed by atoms with Crippen LogP contribution >= 0.6 is 0 Å². The number of aliphatic hydroxyl groups is 1. The van der Waals surface area contributed by atoms with E-state index in [1.807, 2.05) is 38.1 Å². The van der Waals surface area contributed by atoms with Crippen LogP contribution in [0, 0.1) is 5.92 Å². The number of carboxylic acids is 1. The Balaban J connectivity index is 1.85. The molecule has 0 aliphatic carbocycles. The average Bonchev–Trinajstić information content (AvgIpc) is 3.48. The van der Waals surface area contributed by atoms with Gasteiger partial charge >= 0.3 is 5.97 Å². The van der Waals surface area contributed by atoms with Crippen molar-refractivity contribution < 1.29 is 29.4 Å². The molecule has 3 rings (SSSR count). The van der Waals surface area contributed by atoms with E-state index in [0.717, 1.165) is 16.5 Å². The van der Waals surface area contributed by atoms with Crippen LogP contribution in [0.15, 0.2) is 30.5 Å². The molecule has 0 saturated carbocycles. The number of carbonyl (C=O) groups is 4. The second kappa shape index (κ2) is 11.3. The summed E-state index contributed by atoms with van der Waals surface area (Å²) in [5.74, 6) is -3.09. The second-order valence-electron chi connectivity index (χ2n) is 9.17. The van der Waals surface area contributed by atoms with Gasteiger partial charge in [-0.05, 0) is 30.4 Å². The number of fused-ring (bicyclic) bond motifs is 1. The van der Waals surface area contributed by atoms with E-state index < -0.39 is 54.5 Å². The van der Waals surface area contributed by atoms with Gasteiger partial charge in [0.25, 0.3) is 0 Å². The van der Waals surface area contributed by atoms with Gasteiger partial charge in [0.15, 0.2) is 0 Å². The van der Waals surface area contributed by atoms with Crippen LogP contribution in [0.3, 0.4) is 0 Å². The first-order chi connectivity index (χ1) is 16.6. The van der Waals surface area contributed by atoms with Crippen LogP contribution in [-0.4, -0.2) is 81.1 Å². The predicted octanol–water partition coefficient (Wildman–Crippen LogP) is -0.269. The van der Waals surface area contributed by atoms with Gasteiger partial charge in [-0.3, -0.25) is 14.4 Å². The fraction of sp³-hybridized carbons (Fsp3) is 0.500. The van der Waals surface area contributed by atoms with Gasteiger partial charge in [-0.15, -0.1) is 0 Å². The molecule has 2 heterocycles. The van der Waals surface area contributed by atoms with E-state index in [1.54, 1.807) is 6.20 Å². The molecule has 1 aliphatic heterocycles. The summed E-state index contributed by atoms with van der Waals surface area (Å²) >= 11 is 0. The molecule has 35 heavy (non-hydrogen) atoms. The van der Waals surface area contributed by atoms with Gasteiger partial charge in [-0.1, -0.05) is 32.0 Å². The van der Waals surface area contributed by atoms with Crippen LogP contribution < -0.4 is 16.4 Å². The number of benzene rings is 1. The Kier molecular flexibility index (Phi) is 8.47. The third-order valence-corrected chi connectivity index (χ3v) is 6.37. The molecule has 4 unspecified atom stereocenters. The Morgan fingerprint density at radius 1 is 1.17 bits per heavy atom. The highest BCUT2D eigenvalue weighted by Crippen LogP contribution is 2.23. The van der Waals surface area contributed by atoms with E-state index in [4.69, 9.17) is 10.8 Å². The van der Waals surface area contributed by atoms with Crippen molar-refractivity contribution in [1.82, 2.24) is 20.5 Å². The van der Waals surface area contributed by atoms with E-state index in [1.165, 1.54) is 4.90 Å². The first-order valence-electron chi connectivity index (χ1n) is 11.7. The van der Waals surface area contributed by atoms with Crippen LogP contribution in [0.2, 0.25) is 0 Å². The zero-order valence-electron chi connectivity index (χ0n) is 19.9. The highest BCUT2D eigenvalue weighted by atomic mass is 16.4. The highest BCUT2D eigenvalue weighted by Gasteiger charge is 2.39. The van der Waals surface area contributed by atoms with Gasteiger partial charge in [0.1, 0.15) is 18.1 Å². The second-order valence-corrected chi connectivity index (χ2v) is 9.17. The minimum atomic E-state index is -1.47. The van der Waals surface area contributed by atoms with Crippen molar-refractivity contribution in [3.63, 3.8) is 0 Å². The van der Waals surface area contributed by atoms with Gasteiger partial charge in [-0.25, -0.2) is 4.79 Å². The number of likely N-dealkylation sites (tertiary alicyclic amines) is 1. The zero-order chi connectivity index (χ0) is 25.7. The summed E-state index contributed by atoms with van der Waals surface area (Å²) in [6.45, 7) is 3.13. The number of aromatic nitrogens is 1. The Morgan fingerprint density at radius 3 is 2.54 bits per heavy atom. The number of hydrogen-bond donors (Lipinski definition) is 6. The number of nitrogens with one attached hydrogen (secondary N) is 3. The fourth-order valence-electron chi connectivity index (χ4n) is 4.25. The molecule has 190 valence electrons. The van der Waals surface area contributed by atoms with Crippen LogP contribution in [0.25, 0.3) is 10.9 Å². The predicted molar refractivity (Wildman–Crippen MR) is 128 cm³/mol. The summed E-state index contributed by atoms with van der Waals surface area (Å²) in [5, 5.41) is 24.3. The molecular weight excluding hydrogens is 454 g/mol. The number of para-hydroxylation sites is 1. The zero-order valence-corrected chi connectivity index (χ0v) is 19.9. The summed E-state index contributed by atoms with van der Waals surface area (Å²) in [6, 6.07) is 3.42. The number of aromatic amines is 1. The largest absolute Gasteiger partial charge is 0.480 e. The van der Waals surface area contributed by atoms with Crippen molar-refractivity contribution in [3.8, 4) is 0 Å². The van der Waals surface area contributed by atoms with E-state index in [2.05, 4.69) is 15.6 Å². The van der Waals surface area contributed by atoms with E-state index in [0.29, 0.717) is 12.8 Å². The van der Waals surface area contributed by atoms with Gasteiger partial charge in [-0.2, -0.15) is 0 Å².